The van der Waals surface area contributed by atoms with Crippen LogP contribution in [0, 0.1) is 12.3 Å². The van der Waals surface area contributed by atoms with Crippen LogP contribution in [0.4, 0.5) is 18.9 Å². The van der Waals surface area contributed by atoms with Crippen molar-refractivity contribution in [3.05, 3.63) is 71.8 Å². The molecule has 0 heterocycles. The Morgan fingerprint density at radius 3 is 2.36 bits per heavy atom. The topological polar surface area (TPSA) is 38.3 Å². The van der Waals surface area contributed by atoms with E-state index in [4.69, 9.17) is 4.74 Å². The standard InChI is InChI=1S/C22H24F3NO2/c1-5-12-28-19-11-10-17(13-18(19)22(23,24)25)26-20(27)21(3,4)14-16-8-6-15(2)7-9-16/h5-11,13H,1,12,14H2,2-4H3,(H,26,27). The van der Waals surface area contributed by atoms with E-state index in [0.29, 0.717) is 6.42 Å². The predicted octanol–water partition coefficient (Wildman–Crippen LogP) is 5.79. The second kappa shape index (κ2) is 8.50. The van der Waals surface area contributed by atoms with Crippen LogP contribution in [0.3, 0.4) is 0 Å². The molecule has 0 saturated carbocycles. The molecule has 0 fully saturated rings. The minimum Gasteiger partial charge on any atom is -0.489 e. The number of rotatable bonds is 7. The number of amides is 1. The third-order valence-electron chi connectivity index (χ3n) is 4.28. The highest BCUT2D eigenvalue weighted by molar-refractivity contribution is 5.95. The fraction of sp³-hybridized carbons (Fsp3) is 0.318. The number of carbonyl (C=O) groups is 1. The zero-order chi connectivity index (χ0) is 20.9. The van der Waals surface area contributed by atoms with E-state index in [1.807, 2.05) is 31.2 Å². The number of aryl methyl sites for hydroxylation is 1. The lowest BCUT2D eigenvalue weighted by Gasteiger charge is -2.24. The molecule has 2 aromatic carbocycles. The summed E-state index contributed by atoms with van der Waals surface area (Å²) in [5.41, 5.74) is 0.425. The SMILES string of the molecule is C=CCOc1ccc(NC(=O)C(C)(C)Cc2ccc(C)cc2)cc1C(F)(F)F. The van der Waals surface area contributed by atoms with Crippen molar-refractivity contribution in [1.82, 2.24) is 0 Å². The zero-order valence-corrected chi connectivity index (χ0v) is 16.2. The van der Waals surface area contributed by atoms with Crippen LogP contribution < -0.4 is 10.1 Å². The summed E-state index contributed by atoms with van der Waals surface area (Å²) in [6.07, 6.45) is -2.77. The number of anilines is 1. The third-order valence-corrected chi connectivity index (χ3v) is 4.28. The fourth-order valence-corrected chi connectivity index (χ4v) is 2.70. The molecule has 28 heavy (non-hydrogen) atoms. The number of hydrogen-bond acceptors (Lipinski definition) is 2. The first-order valence-corrected chi connectivity index (χ1v) is 8.85. The van der Waals surface area contributed by atoms with Gasteiger partial charge < -0.3 is 10.1 Å². The summed E-state index contributed by atoms with van der Waals surface area (Å²) in [5.74, 6) is -0.662. The van der Waals surface area contributed by atoms with Gasteiger partial charge >= 0.3 is 6.18 Å². The van der Waals surface area contributed by atoms with Crippen molar-refractivity contribution in [2.24, 2.45) is 5.41 Å². The van der Waals surface area contributed by atoms with Crippen molar-refractivity contribution in [3.8, 4) is 5.75 Å². The Hall–Kier alpha value is -2.76. The van der Waals surface area contributed by atoms with Crippen molar-refractivity contribution in [2.75, 3.05) is 11.9 Å². The van der Waals surface area contributed by atoms with E-state index < -0.39 is 17.2 Å². The highest BCUT2D eigenvalue weighted by Crippen LogP contribution is 2.38. The maximum absolute atomic E-state index is 13.3. The van der Waals surface area contributed by atoms with E-state index in [0.717, 1.165) is 17.2 Å². The third kappa shape index (κ3) is 5.62. The second-order valence-electron chi connectivity index (χ2n) is 7.31. The molecule has 2 rings (SSSR count). The molecular formula is C22H24F3NO2. The van der Waals surface area contributed by atoms with Gasteiger partial charge in [0.15, 0.2) is 0 Å². The zero-order valence-electron chi connectivity index (χ0n) is 16.2. The molecule has 0 aliphatic heterocycles. The van der Waals surface area contributed by atoms with E-state index in [-0.39, 0.29) is 24.0 Å². The van der Waals surface area contributed by atoms with Crippen LogP contribution in [0.5, 0.6) is 5.75 Å². The van der Waals surface area contributed by atoms with Crippen LogP contribution in [0.25, 0.3) is 0 Å². The number of hydrogen-bond donors (Lipinski definition) is 1. The second-order valence-corrected chi connectivity index (χ2v) is 7.31. The molecule has 0 spiro atoms. The predicted molar refractivity (Wildman–Crippen MR) is 104 cm³/mol. The molecule has 0 aliphatic rings. The van der Waals surface area contributed by atoms with Gasteiger partial charge in [-0.25, -0.2) is 0 Å². The van der Waals surface area contributed by atoms with Crippen molar-refractivity contribution in [2.45, 2.75) is 33.4 Å². The number of benzene rings is 2. The van der Waals surface area contributed by atoms with Gasteiger partial charge in [0.1, 0.15) is 12.4 Å². The average molecular weight is 391 g/mol. The first-order chi connectivity index (χ1) is 13.0. The smallest absolute Gasteiger partial charge is 0.420 e. The molecule has 0 radical (unpaired) electrons. The summed E-state index contributed by atoms with van der Waals surface area (Å²) in [6.45, 7) is 8.88. The van der Waals surface area contributed by atoms with Crippen molar-refractivity contribution in [1.29, 1.82) is 0 Å². The number of carbonyl (C=O) groups excluding carboxylic acids is 1. The molecule has 1 N–H and O–H groups in total. The van der Waals surface area contributed by atoms with Crippen molar-refractivity contribution >= 4 is 11.6 Å². The van der Waals surface area contributed by atoms with E-state index in [9.17, 15) is 18.0 Å². The maximum atomic E-state index is 13.3. The number of alkyl halides is 3. The fourth-order valence-electron chi connectivity index (χ4n) is 2.70. The Labute approximate surface area is 163 Å². The van der Waals surface area contributed by atoms with Gasteiger partial charge in [0, 0.05) is 11.1 Å². The Kier molecular flexibility index (Phi) is 6.54. The maximum Gasteiger partial charge on any atom is 0.420 e. The first kappa shape index (κ1) is 21.5. The summed E-state index contributed by atoms with van der Waals surface area (Å²) < 4.78 is 45.1. The monoisotopic (exact) mass is 391 g/mol. The molecule has 0 atom stereocenters. The van der Waals surface area contributed by atoms with Crippen LogP contribution in [-0.4, -0.2) is 12.5 Å². The molecule has 0 saturated heterocycles. The van der Waals surface area contributed by atoms with Gasteiger partial charge in [-0.05, 0) is 37.1 Å². The highest BCUT2D eigenvalue weighted by atomic mass is 19.4. The minimum atomic E-state index is -4.60. The Bertz CT molecular complexity index is 840. The van der Waals surface area contributed by atoms with Gasteiger partial charge in [-0.15, -0.1) is 0 Å². The normalized spacial score (nSPS) is 11.8. The van der Waals surface area contributed by atoms with Gasteiger partial charge in [0.05, 0.1) is 5.56 Å². The van der Waals surface area contributed by atoms with Gasteiger partial charge in [0.2, 0.25) is 5.91 Å². The summed E-state index contributed by atoms with van der Waals surface area (Å²) in [6, 6.07) is 11.3. The number of nitrogens with one attached hydrogen (secondary N) is 1. The quantitative estimate of drug-likeness (QED) is 0.607. The van der Waals surface area contributed by atoms with E-state index in [2.05, 4.69) is 11.9 Å². The molecule has 2 aromatic rings. The molecule has 1 amide bonds. The van der Waals surface area contributed by atoms with Crippen LogP contribution in [-0.2, 0) is 17.4 Å². The molecule has 0 unspecified atom stereocenters. The van der Waals surface area contributed by atoms with E-state index in [1.54, 1.807) is 13.8 Å². The lowest BCUT2D eigenvalue weighted by atomic mass is 9.84. The summed E-state index contributed by atoms with van der Waals surface area (Å²) in [7, 11) is 0. The number of ether oxygens (including phenoxy) is 1. The Balaban J connectivity index is 2.19. The van der Waals surface area contributed by atoms with Crippen LogP contribution in [0.2, 0.25) is 0 Å². The van der Waals surface area contributed by atoms with Gasteiger partial charge in [-0.3, -0.25) is 4.79 Å². The number of halogens is 3. The molecule has 0 aromatic heterocycles. The average Bonchev–Trinajstić information content (AvgIpc) is 2.61. The van der Waals surface area contributed by atoms with Gasteiger partial charge in [-0.1, -0.05) is 56.3 Å². The van der Waals surface area contributed by atoms with Crippen LogP contribution >= 0.6 is 0 Å². The summed E-state index contributed by atoms with van der Waals surface area (Å²) in [5, 5.41) is 2.59. The molecule has 150 valence electrons. The first-order valence-electron chi connectivity index (χ1n) is 8.85. The van der Waals surface area contributed by atoms with Crippen LogP contribution in [0.15, 0.2) is 55.1 Å². The van der Waals surface area contributed by atoms with E-state index in [1.165, 1.54) is 18.2 Å². The van der Waals surface area contributed by atoms with Gasteiger partial charge in [0.25, 0.3) is 0 Å². The minimum absolute atomic E-state index is 0.0433. The molecule has 3 nitrogen and oxygen atoms in total. The molecule has 0 bridgehead atoms. The lowest BCUT2D eigenvalue weighted by molar-refractivity contribution is -0.138. The van der Waals surface area contributed by atoms with Crippen molar-refractivity contribution in [3.63, 3.8) is 0 Å². The highest BCUT2D eigenvalue weighted by Gasteiger charge is 2.35. The Morgan fingerprint density at radius 2 is 1.79 bits per heavy atom. The Morgan fingerprint density at radius 1 is 1.14 bits per heavy atom. The van der Waals surface area contributed by atoms with Crippen molar-refractivity contribution < 1.29 is 22.7 Å². The summed E-state index contributed by atoms with van der Waals surface area (Å²) >= 11 is 0. The van der Waals surface area contributed by atoms with Gasteiger partial charge in [-0.2, -0.15) is 13.2 Å². The molecule has 6 heteroatoms. The lowest BCUT2D eigenvalue weighted by Crippen LogP contribution is -2.32. The van der Waals surface area contributed by atoms with E-state index >= 15 is 0 Å². The largest absolute Gasteiger partial charge is 0.489 e. The summed E-state index contributed by atoms with van der Waals surface area (Å²) in [4.78, 5) is 12.7. The molecule has 0 aliphatic carbocycles. The molecular weight excluding hydrogens is 367 g/mol. The van der Waals surface area contributed by atoms with Crippen LogP contribution in [0.1, 0.15) is 30.5 Å².